The highest BCUT2D eigenvalue weighted by Gasteiger charge is 2.39. The lowest BCUT2D eigenvalue weighted by atomic mass is 9.94. The molecular weight excluding hydrogens is 646 g/mol. The number of nitrogens with zero attached hydrogens (tertiary/aromatic N) is 1. The predicted molar refractivity (Wildman–Crippen MR) is 201 cm³/mol. The lowest BCUT2D eigenvalue weighted by molar-refractivity contribution is -0.159. The van der Waals surface area contributed by atoms with Gasteiger partial charge >= 0.3 is 12.1 Å². The van der Waals surface area contributed by atoms with Crippen LogP contribution in [0.3, 0.4) is 0 Å². The maximum absolute atomic E-state index is 14.8. The summed E-state index contributed by atoms with van der Waals surface area (Å²) >= 11 is 0. The average molecular weight is 710 g/mol. The largest absolute Gasteiger partial charge is 0.508 e. The van der Waals surface area contributed by atoms with Gasteiger partial charge in [0, 0.05) is 13.0 Å². The molecule has 51 heavy (non-hydrogen) atoms. The molecule has 0 saturated heterocycles. The third-order valence-electron chi connectivity index (χ3n) is 8.57. The molecule has 0 heterocycles. The van der Waals surface area contributed by atoms with Crippen LogP contribution in [0.4, 0.5) is 4.79 Å². The minimum Gasteiger partial charge on any atom is -0.508 e. The number of phenols is 1. The fraction of sp³-hybridized carbons (Fsp3) is 0.610. The van der Waals surface area contributed by atoms with Crippen LogP contribution in [-0.4, -0.2) is 63.7 Å². The fourth-order valence-electron chi connectivity index (χ4n) is 5.71. The average Bonchev–Trinajstić information content (AvgIpc) is 3.04. The normalized spacial score (nSPS) is 14.1. The number of rotatable bonds is 18. The number of esters is 1. The number of carbonyl (C=O) groups excluding carboxylic acids is 4. The molecule has 4 unspecified atom stereocenters. The number of nitrogens with one attached hydrogen (secondary N) is 2. The highest BCUT2D eigenvalue weighted by atomic mass is 16.6. The van der Waals surface area contributed by atoms with Gasteiger partial charge in [0.15, 0.2) is 0 Å². The van der Waals surface area contributed by atoms with Gasteiger partial charge in [-0.15, -0.1) is 0 Å². The molecule has 0 radical (unpaired) electrons. The van der Waals surface area contributed by atoms with Gasteiger partial charge in [0.05, 0.1) is 0 Å². The molecule has 0 aliphatic carbocycles. The molecule has 3 amide bonds. The van der Waals surface area contributed by atoms with Gasteiger partial charge in [-0.3, -0.25) is 9.59 Å². The number of hydrogen-bond donors (Lipinski definition) is 3. The summed E-state index contributed by atoms with van der Waals surface area (Å²) in [5, 5.41) is 16.2. The number of amides is 3. The highest BCUT2D eigenvalue weighted by Crippen LogP contribution is 2.29. The summed E-state index contributed by atoms with van der Waals surface area (Å²) in [4.78, 5) is 57.7. The first kappa shape index (κ1) is 43.1. The number of unbranched alkanes of at least 4 members (excludes halogenated alkanes) is 5. The van der Waals surface area contributed by atoms with E-state index in [0.717, 1.165) is 37.7 Å². The number of hydrogen-bond acceptors (Lipinski definition) is 7. The molecule has 0 aliphatic rings. The van der Waals surface area contributed by atoms with Crippen LogP contribution in [0.25, 0.3) is 0 Å². The third-order valence-corrected chi connectivity index (χ3v) is 8.57. The lowest BCUT2D eigenvalue weighted by Gasteiger charge is -2.37. The third kappa shape index (κ3) is 15.0. The number of benzene rings is 2. The van der Waals surface area contributed by atoms with Gasteiger partial charge in [0.2, 0.25) is 11.8 Å². The van der Waals surface area contributed by atoms with E-state index in [-0.39, 0.29) is 24.6 Å². The van der Waals surface area contributed by atoms with Gasteiger partial charge < -0.3 is 30.1 Å². The molecule has 4 atom stereocenters. The molecule has 10 nitrogen and oxygen atoms in total. The standard InChI is InChI=1S/C41H63N3O7/c1-11-13-14-15-16-20-25-44(37(47)34(28(3)12-2)43-39(49)51-41(8,9)10)35(31-23-24-33(45)29(4)26-31)36(46)42-32(38(48)50-40(5,6)7)27-30-21-18-17-19-22-30/h17-19,21-24,26,28,32,34-35,45H,11-16,20,25,27H2,1-10H3,(H,42,46)(H,43,49). The van der Waals surface area contributed by atoms with Crippen molar-refractivity contribution in [3.8, 4) is 5.75 Å². The van der Waals surface area contributed by atoms with Gasteiger partial charge in [0.25, 0.3) is 0 Å². The van der Waals surface area contributed by atoms with Crippen molar-refractivity contribution in [1.29, 1.82) is 0 Å². The zero-order valence-electron chi connectivity index (χ0n) is 32.6. The first-order valence-electron chi connectivity index (χ1n) is 18.5. The van der Waals surface area contributed by atoms with Crippen molar-refractivity contribution in [3.05, 3.63) is 65.2 Å². The van der Waals surface area contributed by atoms with Gasteiger partial charge in [-0.2, -0.15) is 0 Å². The van der Waals surface area contributed by atoms with Crippen LogP contribution in [-0.2, 0) is 30.3 Å². The topological polar surface area (TPSA) is 134 Å². The van der Waals surface area contributed by atoms with E-state index in [1.807, 2.05) is 44.2 Å². The maximum Gasteiger partial charge on any atom is 0.408 e. The van der Waals surface area contributed by atoms with E-state index in [2.05, 4.69) is 17.6 Å². The van der Waals surface area contributed by atoms with E-state index < -0.39 is 53.2 Å². The zero-order chi connectivity index (χ0) is 38.4. The van der Waals surface area contributed by atoms with E-state index in [0.29, 0.717) is 24.0 Å². The number of aromatic hydroxyl groups is 1. The zero-order valence-corrected chi connectivity index (χ0v) is 32.6. The molecule has 0 aliphatic heterocycles. The molecule has 2 aromatic rings. The van der Waals surface area contributed by atoms with Crippen molar-refractivity contribution in [2.24, 2.45) is 5.92 Å². The maximum atomic E-state index is 14.8. The van der Waals surface area contributed by atoms with Crippen LogP contribution in [0.15, 0.2) is 48.5 Å². The molecule has 2 aromatic carbocycles. The number of alkyl carbamates (subject to hydrolysis) is 1. The number of ether oxygens (including phenoxy) is 2. The quantitative estimate of drug-likeness (QED) is 0.106. The molecular formula is C41H63N3O7. The van der Waals surface area contributed by atoms with E-state index in [1.165, 1.54) is 11.0 Å². The predicted octanol–water partition coefficient (Wildman–Crippen LogP) is 7.94. The summed E-state index contributed by atoms with van der Waals surface area (Å²) in [6, 6.07) is 10.9. The van der Waals surface area contributed by atoms with Crippen molar-refractivity contribution in [2.75, 3.05) is 6.54 Å². The molecule has 3 N–H and O–H groups in total. The smallest absolute Gasteiger partial charge is 0.408 e. The molecule has 10 heteroatoms. The molecule has 0 bridgehead atoms. The molecule has 0 aromatic heterocycles. The van der Waals surface area contributed by atoms with Crippen molar-refractivity contribution in [3.63, 3.8) is 0 Å². The van der Waals surface area contributed by atoms with Crippen molar-refractivity contribution >= 4 is 23.9 Å². The molecule has 284 valence electrons. The summed E-state index contributed by atoms with van der Waals surface area (Å²) in [6.45, 7) is 18.5. The van der Waals surface area contributed by atoms with Gasteiger partial charge in [0.1, 0.15) is 35.1 Å². The summed E-state index contributed by atoms with van der Waals surface area (Å²) in [6.07, 6.45) is 5.74. The van der Waals surface area contributed by atoms with Crippen LogP contribution < -0.4 is 10.6 Å². The Labute approximate surface area is 306 Å². The lowest BCUT2D eigenvalue weighted by Crippen LogP contribution is -2.56. The number of carbonyl (C=O) groups is 4. The summed E-state index contributed by atoms with van der Waals surface area (Å²) in [5.74, 6) is -1.86. The SMILES string of the molecule is CCCCCCCCN(C(=O)C(NC(=O)OC(C)(C)C)C(C)CC)C(C(=O)NC(Cc1ccccc1)C(=O)OC(C)(C)C)c1ccc(O)c(C)c1. The first-order chi connectivity index (χ1) is 23.9. The Morgan fingerprint density at radius 2 is 1.43 bits per heavy atom. The second-order valence-corrected chi connectivity index (χ2v) is 15.5. The van der Waals surface area contributed by atoms with E-state index >= 15 is 0 Å². The summed E-state index contributed by atoms with van der Waals surface area (Å²) < 4.78 is 11.3. The minimum atomic E-state index is -1.19. The Morgan fingerprint density at radius 3 is 2.00 bits per heavy atom. The molecule has 0 spiro atoms. The highest BCUT2D eigenvalue weighted by molar-refractivity contribution is 5.94. The summed E-state index contributed by atoms with van der Waals surface area (Å²) in [5.41, 5.74) is 0.220. The van der Waals surface area contributed by atoms with E-state index in [4.69, 9.17) is 9.47 Å². The first-order valence-corrected chi connectivity index (χ1v) is 18.5. The Balaban J connectivity index is 2.68. The second-order valence-electron chi connectivity index (χ2n) is 15.5. The van der Waals surface area contributed by atoms with Gasteiger partial charge in [-0.1, -0.05) is 95.7 Å². The van der Waals surface area contributed by atoms with Crippen LogP contribution in [0.5, 0.6) is 5.75 Å². The second kappa shape index (κ2) is 20.1. The molecule has 0 fully saturated rings. The van der Waals surface area contributed by atoms with Crippen LogP contribution in [0.2, 0.25) is 0 Å². The monoisotopic (exact) mass is 709 g/mol. The number of aryl methyl sites for hydroxylation is 1. The Bertz CT molecular complexity index is 1410. The van der Waals surface area contributed by atoms with Gasteiger partial charge in [-0.05, 0) is 89.6 Å². The van der Waals surface area contributed by atoms with E-state index in [1.54, 1.807) is 60.6 Å². The Kier molecular flexibility index (Phi) is 17.0. The van der Waals surface area contributed by atoms with Crippen LogP contribution >= 0.6 is 0 Å². The van der Waals surface area contributed by atoms with Crippen LogP contribution in [0, 0.1) is 12.8 Å². The molecule has 0 saturated carbocycles. The molecule has 2 rings (SSSR count). The Morgan fingerprint density at radius 1 is 0.824 bits per heavy atom. The minimum absolute atomic E-state index is 0.0477. The van der Waals surface area contributed by atoms with Crippen LogP contribution in [0.1, 0.15) is 130 Å². The summed E-state index contributed by atoms with van der Waals surface area (Å²) in [7, 11) is 0. The Hall–Kier alpha value is -4.08. The van der Waals surface area contributed by atoms with Gasteiger partial charge in [-0.25, -0.2) is 9.59 Å². The fourth-order valence-corrected chi connectivity index (χ4v) is 5.71. The van der Waals surface area contributed by atoms with Crippen molar-refractivity contribution in [1.82, 2.24) is 15.5 Å². The van der Waals surface area contributed by atoms with E-state index in [9.17, 15) is 24.3 Å². The van der Waals surface area contributed by atoms with Crippen molar-refractivity contribution in [2.45, 2.75) is 150 Å². The van der Waals surface area contributed by atoms with Crippen molar-refractivity contribution < 1.29 is 33.8 Å². The number of phenolic OH excluding ortho intramolecular Hbond substituents is 1.